The summed E-state index contributed by atoms with van der Waals surface area (Å²) in [5.41, 5.74) is 3.33. The van der Waals surface area contributed by atoms with Crippen LogP contribution in [0, 0.1) is 18.3 Å². The van der Waals surface area contributed by atoms with Gasteiger partial charge in [-0.2, -0.15) is 5.26 Å². The maximum absolute atomic E-state index is 9.00. The smallest absolute Gasteiger partial charge is 0.0647 e. The molecule has 0 fully saturated rings. The minimum absolute atomic E-state index is 0.00398. The highest BCUT2D eigenvalue weighted by atomic mass is 79.9. The fraction of sp³-hybridized carbons (Fsp3) is 0.188. The lowest BCUT2D eigenvalue weighted by molar-refractivity contribution is 0.805. The molecule has 0 heterocycles. The third-order valence-corrected chi connectivity index (χ3v) is 3.64. The number of hydrogen-bond acceptors (Lipinski definition) is 2. The third-order valence-electron chi connectivity index (χ3n) is 2.95. The molecule has 0 aliphatic carbocycles. The number of anilines is 1. The first kappa shape index (κ1) is 13.6. The monoisotopic (exact) mass is 314 g/mol. The minimum atomic E-state index is 0.00398. The predicted molar refractivity (Wildman–Crippen MR) is 81.9 cm³/mol. The molecule has 1 atom stereocenters. The van der Waals surface area contributed by atoms with E-state index in [0.717, 1.165) is 15.7 Å². The van der Waals surface area contributed by atoms with Gasteiger partial charge in [0.1, 0.15) is 0 Å². The van der Waals surface area contributed by atoms with Crippen LogP contribution in [-0.2, 0) is 0 Å². The van der Waals surface area contributed by atoms with E-state index in [1.165, 1.54) is 5.56 Å². The SMILES string of the molecule is Cc1ccc(Br)c(NC(CC#N)c2ccccc2)c1. The molecule has 2 rings (SSSR count). The molecule has 19 heavy (non-hydrogen) atoms. The van der Waals surface area contributed by atoms with E-state index >= 15 is 0 Å². The fourth-order valence-corrected chi connectivity index (χ4v) is 2.33. The van der Waals surface area contributed by atoms with Crippen molar-refractivity contribution in [2.24, 2.45) is 0 Å². The average molecular weight is 315 g/mol. The quantitative estimate of drug-likeness (QED) is 0.877. The highest BCUT2D eigenvalue weighted by Gasteiger charge is 2.12. The maximum atomic E-state index is 9.00. The number of rotatable bonds is 4. The molecule has 0 aliphatic rings. The fourth-order valence-electron chi connectivity index (χ4n) is 1.97. The van der Waals surface area contributed by atoms with Gasteiger partial charge in [-0.15, -0.1) is 0 Å². The highest BCUT2D eigenvalue weighted by molar-refractivity contribution is 9.10. The van der Waals surface area contributed by atoms with Gasteiger partial charge in [-0.05, 0) is 46.1 Å². The highest BCUT2D eigenvalue weighted by Crippen LogP contribution is 2.29. The van der Waals surface area contributed by atoms with Gasteiger partial charge in [-0.3, -0.25) is 0 Å². The van der Waals surface area contributed by atoms with E-state index in [1.54, 1.807) is 0 Å². The van der Waals surface area contributed by atoms with Gasteiger partial charge in [0.2, 0.25) is 0 Å². The molecule has 1 N–H and O–H groups in total. The topological polar surface area (TPSA) is 35.8 Å². The molecule has 2 aromatic rings. The predicted octanol–water partition coefficient (Wildman–Crippen LogP) is 4.82. The van der Waals surface area contributed by atoms with E-state index in [4.69, 9.17) is 5.26 Å². The van der Waals surface area contributed by atoms with E-state index < -0.39 is 0 Å². The molecular weight excluding hydrogens is 300 g/mol. The largest absolute Gasteiger partial charge is 0.376 e. The lowest BCUT2D eigenvalue weighted by Crippen LogP contribution is -2.10. The second-order valence-electron chi connectivity index (χ2n) is 4.45. The van der Waals surface area contributed by atoms with Crippen molar-refractivity contribution in [1.29, 1.82) is 5.26 Å². The number of nitrogens with one attached hydrogen (secondary N) is 1. The van der Waals surface area contributed by atoms with Crippen LogP contribution in [-0.4, -0.2) is 0 Å². The summed E-state index contributed by atoms with van der Waals surface area (Å²) < 4.78 is 1.01. The number of nitriles is 1. The Morgan fingerprint density at radius 1 is 1.21 bits per heavy atom. The maximum Gasteiger partial charge on any atom is 0.0647 e. The van der Waals surface area contributed by atoms with Gasteiger partial charge in [-0.25, -0.2) is 0 Å². The summed E-state index contributed by atoms with van der Waals surface area (Å²) in [4.78, 5) is 0. The molecule has 0 saturated heterocycles. The lowest BCUT2D eigenvalue weighted by Gasteiger charge is -2.19. The first-order chi connectivity index (χ1) is 9.20. The normalized spacial score (nSPS) is 11.6. The van der Waals surface area contributed by atoms with Crippen molar-refractivity contribution >= 4 is 21.6 Å². The van der Waals surface area contributed by atoms with Gasteiger partial charge in [0, 0.05) is 10.2 Å². The van der Waals surface area contributed by atoms with Crippen LogP contribution in [0.5, 0.6) is 0 Å². The number of aryl methyl sites for hydroxylation is 1. The van der Waals surface area contributed by atoms with Gasteiger partial charge in [0.25, 0.3) is 0 Å². The second-order valence-corrected chi connectivity index (χ2v) is 5.31. The standard InChI is InChI=1S/C16H15BrN2/c1-12-7-8-14(17)16(11-12)19-15(9-10-18)13-5-3-2-4-6-13/h2-8,11,15,19H,9H2,1H3. The molecule has 2 aromatic carbocycles. The molecule has 2 nitrogen and oxygen atoms in total. The Morgan fingerprint density at radius 3 is 2.63 bits per heavy atom. The van der Waals surface area contributed by atoms with Gasteiger partial charge in [0.15, 0.2) is 0 Å². The van der Waals surface area contributed by atoms with Crippen molar-refractivity contribution in [1.82, 2.24) is 0 Å². The average Bonchev–Trinajstić information content (AvgIpc) is 2.43. The summed E-state index contributed by atoms with van der Waals surface area (Å²) in [6.07, 6.45) is 0.435. The molecule has 0 aromatic heterocycles. The summed E-state index contributed by atoms with van der Waals surface area (Å²) >= 11 is 3.54. The summed E-state index contributed by atoms with van der Waals surface area (Å²) in [5.74, 6) is 0. The number of nitrogens with zero attached hydrogens (tertiary/aromatic N) is 1. The van der Waals surface area contributed by atoms with Gasteiger partial charge >= 0.3 is 0 Å². The van der Waals surface area contributed by atoms with E-state index in [-0.39, 0.29) is 6.04 Å². The Morgan fingerprint density at radius 2 is 1.95 bits per heavy atom. The van der Waals surface area contributed by atoms with Crippen molar-refractivity contribution in [3.05, 3.63) is 64.1 Å². The van der Waals surface area contributed by atoms with Crippen molar-refractivity contribution in [2.45, 2.75) is 19.4 Å². The zero-order valence-electron chi connectivity index (χ0n) is 10.7. The van der Waals surface area contributed by atoms with Crippen molar-refractivity contribution in [3.8, 4) is 6.07 Å². The molecule has 3 heteroatoms. The van der Waals surface area contributed by atoms with Crippen molar-refractivity contribution in [2.75, 3.05) is 5.32 Å². The summed E-state index contributed by atoms with van der Waals surface area (Å²) in [6, 6.07) is 18.4. The van der Waals surface area contributed by atoms with Crippen LogP contribution < -0.4 is 5.32 Å². The van der Waals surface area contributed by atoms with Crippen LogP contribution in [0.2, 0.25) is 0 Å². The number of hydrogen-bond donors (Lipinski definition) is 1. The van der Waals surface area contributed by atoms with Crippen LogP contribution >= 0.6 is 15.9 Å². The Kier molecular flexibility index (Phi) is 4.59. The Labute approximate surface area is 122 Å². The molecule has 0 spiro atoms. The third kappa shape index (κ3) is 3.59. The Bertz CT molecular complexity index is 587. The van der Waals surface area contributed by atoms with E-state index in [0.29, 0.717) is 6.42 Å². The zero-order chi connectivity index (χ0) is 13.7. The molecule has 96 valence electrons. The van der Waals surface area contributed by atoms with Crippen molar-refractivity contribution in [3.63, 3.8) is 0 Å². The molecule has 0 saturated carbocycles. The van der Waals surface area contributed by atoms with Crippen LogP contribution in [0.4, 0.5) is 5.69 Å². The van der Waals surface area contributed by atoms with Gasteiger partial charge in [-0.1, -0.05) is 36.4 Å². The molecule has 0 amide bonds. The Hall–Kier alpha value is -1.79. The number of benzene rings is 2. The van der Waals surface area contributed by atoms with Crippen LogP contribution in [0.3, 0.4) is 0 Å². The van der Waals surface area contributed by atoms with E-state index in [2.05, 4.69) is 46.4 Å². The van der Waals surface area contributed by atoms with Gasteiger partial charge in [0.05, 0.1) is 18.5 Å². The van der Waals surface area contributed by atoms with Gasteiger partial charge < -0.3 is 5.32 Å². The summed E-state index contributed by atoms with van der Waals surface area (Å²) in [6.45, 7) is 2.05. The Balaban J connectivity index is 2.27. The van der Waals surface area contributed by atoms with Crippen LogP contribution in [0.25, 0.3) is 0 Å². The summed E-state index contributed by atoms with van der Waals surface area (Å²) in [5, 5.41) is 12.4. The number of halogens is 1. The van der Waals surface area contributed by atoms with Crippen LogP contribution in [0.1, 0.15) is 23.6 Å². The van der Waals surface area contributed by atoms with E-state index in [9.17, 15) is 0 Å². The molecule has 1 unspecified atom stereocenters. The first-order valence-corrected chi connectivity index (χ1v) is 6.94. The molecule has 0 aliphatic heterocycles. The van der Waals surface area contributed by atoms with Crippen molar-refractivity contribution < 1.29 is 0 Å². The van der Waals surface area contributed by atoms with Crippen LogP contribution in [0.15, 0.2) is 53.0 Å². The molecule has 0 radical (unpaired) electrons. The molecular formula is C16H15BrN2. The first-order valence-electron chi connectivity index (χ1n) is 6.15. The second kappa shape index (κ2) is 6.40. The van der Waals surface area contributed by atoms with E-state index in [1.807, 2.05) is 36.4 Å². The zero-order valence-corrected chi connectivity index (χ0v) is 12.3. The minimum Gasteiger partial charge on any atom is -0.376 e. The molecule has 0 bridgehead atoms. The summed E-state index contributed by atoms with van der Waals surface area (Å²) in [7, 11) is 0. The lowest BCUT2D eigenvalue weighted by atomic mass is 10.0.